The van der Waals surface area contributed by atoms with Crippen molar-refractivity contribution in [2.24, 2.45) is 0 Å². The van der Waals surface area contributed by atoms with Crippen LogP contribution in [0.4, 0.5) is 0 Å². The standard InChI is InChI=1S/C13H17ClN2O3/c1-2-18-9-13(17)16-6-4-10(8-16)19-12-3-5-15-7-11(12)14/h3,5,7,10H,2,4,6,8-9H2,1H3/t10-/m1/s1. The molecule has 1 aromatic heterocycles. The minimum atomic E-state index is -0.0227. The van der Waals surface area contributed by atoms with Crippen LogP contribution in [-0.2, 0) is 9.53 Å². The molecule has 0 radical (unpaired) electrons. The fourth-order valence-corrected chi connectivity index (χ4v) is 2.13. The molecule has 1 aliphatic rings. The van der Waals surface area contributed by atoms with E-state index >= 15 is 0 Å². The van der Waals surface area contributed by atoms with Gasteiger partial charge in [-0.3, -0.25) is 9.78 Å². The van der Waals surface area contributed by atoms with Crippen molar-refractivity contribution in [3.8, 4) is 5.75 Å². The van der Waals surface area contributed by atoms with Crippen LogP contribution in [0.25, 0.3) is 0 Å². The molecule has 1 saturated heterocycles. The van der Waals surface area contributed by atoms with E-state index in [-0.39, 0.29) is 18.6 Å². The van der Waals surface area contributed by atoms with Crippen molar-refractivity contribution in [3.05, 3.63) is 23.5 Å². The number of pyridine rings is 1. The van der Waals surface area contributed by atoms with E-state index in [1.165, 1.54) is 0 Å². The average molecular weight is 285 g/mol. The van der Waals surface area contributed by atoms with E-state index < -0.39 is 0 Å². The molecule has 0 aliphatic carbocycles. The lowest BCUT2D eigenvalue weighted by Gasteiger charge is -2.17. The van der Waals surface area contributed by atoms with Crippen LogP contribution in [-0.4, -0.2) is 48.2 Å². The van der Waals surface area contributed by atoms with Crippen LogP contribution in [0.2, 0.25) is 5.02 Å². The van der Waals surface area contributed by atoms with E-state index in [0.29, 0.717) is 30.5 Å². The highest BCUT2D eigenvalue weighted by Gasteiger charge is 2.27. The van der Waals surface area contributed by atoms with Gasteiger partial charge < -0.3 is 14.4 Å². The highest BCUT2D eigenvalue weighted by Crippen LogP contribution is 2.25. The molecule has 0 bridgehead atoms. The number of likely N-dealkylation sites (tertiary alicyclic amines) is 1. The summed E-state index contributed by atoms with van der Waals surface area (Å²) >= 11 is 5.98. The number of hydrogen-bond donors (Lipinski definition) is 0. The predicted octanol–water partition coefficient (Wildman–Crippen LogP) is 1.75. The first-order chi connectivity index (χ1) is 9.20. The Balaban J connectivity index is 1.85. The maximum Gasteiger partial charge on any atom is 0.248 e. The highest BCUT2D eigenvalue weighted by atomic mass is 35.5. The molecule has 1 fully saturated rings. The van der Waals surface area contributed by atoms with Gasteiger partial charge in [-0.1, -0.05) is 11.6 Å². The second-order valence-electron chi connectivity index (χ2n) is 4.31. The van der Waals surface area contributed by atoms with Crippen molar-refractivity contribution < 1.29 is 14.3 Å². The first-order valence-corrected chi connectivity index (χ1v) is 6.70. The number of nitrogens with zero attached hydrogens (tertiary/aromatic N) is 2. The molecule has 0 aromatic carbocycles. The Morgan fingerprint density at radius 3 is 3.21 bits per heavy atom. The topological polar surface area (TPSA) is 51.7 Å². The van der Waals surface area contributed by atoms with Crippen molar-refractivity contribution in [1.29, 1.82) is 0 Å². The van der Waals surface area contributed by atoms with Gasteiger partial charge in [-0.2, -0.15) is 0 Å². The number of ether oxygens (including phenoxy) is 2. The third-order valence-corrected chi connectivity index (χ3v) is 3.24. The van der Waals surface area contributed by atoms with Crippen molar-refractivity contribution in [3.63, 3.8) is 0 Å². The minimum Gasteiger partial charge on any atom is -0.487 e. The number of carbonyl (C=O) groups excluding carboxylic acids is 1. The molecule has 104 valence electrons. The summed E-state index contributed by atoms with van der Waals surface area (Å²) in [6, 6.07) is 1.73. The summed E-state index contributed by atoms with van der Waals surface area (Å²) in [4.78, 5) is 17.4. The SMILES string of the molecule is CCOCC(=O)N1CC[C@@H](Oc2ccncc2Cl)C1. The average Bonchev–Trinajstić information content (AvgIpc) is 2.87. The predicted molar refractivity (Wildman–Crippen MR) is 71.4 cm³/mol. The maximum absolute atomic E-state index is 11.8. The van der Waals surface area contributed by atoms with Gasteiger partial charge in [0.15, 0.2) is 0 Å². The molecular weight excluding hydrogens is 268 g/mol. The van der Waals surface area contributed by atoms with E-state index in [9.17, 15) is 4.79 Å². The smallest absolute Gasteiger partial charge is 0.248 e. The van der Waals surface area contributed by atoms with Crippen molar-refractivity contribution in [2.75, 3.05) is 26.3 Å². The first-order valence-electron chi connectivity index (χ1n) is 6.32. The Labute approximate surface area is 117 Å². The third kappa shape index (κ3) is 3.81. The maximum atomic E-state index is 11.8. The summed E-state index contributed by atoms with van der Waals surface area (Å²) in [5, 5.41) is 0.488. The van der Waals surface area contributed by atoms with Gasteiger partial charge in [0.2, 0.25) is 5.91 Å². The minimum absolute atomic E-state index is 0.00813. The van der Waals surface area contributed by atoms with Crippen molar-refractivity contribution >= 4 is 17.5 Å². The number of carbonyl (C=O) groups is 1. The Morgan fingerprint density at radius 2 is 2.47 bits per heavy atom. The van der Waals surface area contributed by atoms with Gasteiger partial charge in [0.1, 0.15) is 23.5 Å². The Hall–Kier alpha value is -1.33. The normalized spacial score (nSPS) is 18.6. The largest absolute Gasteiger partial charge is 0.487 e. The summed E-state index contributed by atoms with van der Waals surface area (Å²) < 4.78 is 10.9. The lowest BCUT2D eigenvalue weighted by atomic mass is 10.3. The van der Waals surface area contributed by atoms with Gasteiger partial charge in [0.25, 0.3) is 0 Å². The molecular formula is C13H17ClN2O3. The quantitative estimate of drug-likeness (QED) is 0.827. The highest BCUT2D eigenvalue weighted by molar-refractivity contribution is 6.31. The Bertz CT molecular complexity index is 442. The zero-order valence-electron chi connectivity index (χ0n) is 10.8. The molecule has 6 heteroatoms. The van der Waals surface area contributed by atoms with Crippen LogP contribution in [0, 0.1) is 0 Å². The van der Waals surface area contributed by atoms with Crippen molar-refractivity contribution in [2.45, 2.75) is 19.4 Å². The number of halogens is 1. The number of rotatable bonds is 5. The van der Waals surface area contributed by atoms with Crippen molar-refractivity contribution in [1.82, 2.24) is 9.88 Å². The zero-order valence-corrected chi connectivity index (χ0v) is 11.6. The molecule has 0 spiro atoms. The van der Waals surface area contributed by atoms with Crippen LogP contribution in [0.3, 0.4) is 0 Å². The van der Waals surface area contributed by atoms with Gasteiger partial charge in [-0.15, -0.1) is 0 Å². The molecule has 1 aromatic rings. The van der Waals surface area contributed by atoms with E-state index in [2.05, 4.69) is 4.98 Å². The Morgan fingerprint density at radius 1 is 1.63 bits per heavy atom. The van der Waals surface area contributed by atoms with Crippen LogP contribution >= 0.6 is 11.6 Å². The Kier molecular flexibility index (Phi) is 4.99. The number of amides is 1. The van der Waals surface area contributed by atoms with E-state index in [0.717, 1.165) is 6.42 Å². The van der Waals surface area contributed by atoms with Crippen LogP contribution in [0.15, 0.2) is 18.5 Å². The molecule has 0 saturated carbocycles. The van der Waals surface area contributed by atoms with Crippen LogP contribution < -0.4 is 4.74 Å². The fourth-order valence-electron chi connectivity index (χ4n) is 1.97. The first kappa shape index (κ1) is 14.1. The molecule has 2 heterocycles. The second-order valence-corrected chi connectivity index (χ2v) is 4.72. The van der Waals surface area contributed by atoms with Gasteiger partial charge in [0.05, 0.1) is 6.54 Å². The summed E-state index contributed by atoms with van der Waals surface area (Å²) in [5.74, 6) is 0.620. The summed E-state index contributed by atoms with van der Waals surface area (Å²) in [6.07, 6.45) is 3.96. The van der Waals surface area contributed by atoms with Crippen LogP contribution in [0.1, 0.15) is 13.3 Å². The molecule has 5 nitrogen and oxygen atoms in total. The zero-order chi connectivity index (χ0) is 13.7. The fraction of sp³-hybridized carbons (Fsp3) is 0.538. The molecule has 2 rings (SSSR count). The van der Waals surface area contributed by atoms with Gasteiger partial charge >= 0.3 is 0 Å². The van der Waals surface area contributed by atoms with E-state index in [4.69, 9.17) is 21.1 Å². The summed E-state index contributed by atoms with van der Waals surface area (Å²) in [7, 11) is 0. The number of aromatic nitrogens is 1. The molecule has 0 unspecified atom stereocenters. The number of hydrogen-bond acceptors (Lipinski definition) is 4. The van der Waals surface area contributed by atoms with E-state index in [1.54, 1.807) is 23.4 Å². The molecule has 0 N–H and O–H groups in total. The third-order valence-electron chi connectivity index (χ3n) is 2.96. The lowest BCUT2D eigenvalue weighted by molar-refractivity contribution is -0.135. The second kappa shape index (κ2) is 6.73. The lowest BCUT2D eigenvalue weighted by Crippen LogP contribution is -2.33. The summed E-state index contributed by atoms with van der Waals surface area (Å²) in [5.41, 5.74) is 0. The molecule has 1 amide bonds. The van der Waals surface area contributed by atoms with Gasteiger partial charge in [-0.25, -0.2) is 0 Å². The summed E-state index contributed by atoms with van der Waals surface area (Å²) in [6.45, 7) is 3.82. The van der Waals surface area contributed by atoms with Crippen LogP contribution in [0.5, 0.6) is 5.75 Å². The molecule has 19 heavy (non-hydrogen) atoms. The molecule has 1 aliphatic heterocycles. The van der Waals surface area contributed by atoms with Gasteiger partial charge in [0, 0.05) is 38.0 Å². The molecule has 1 atom stereocenters. The monoisotopic (exact) mass is 284 g/mol. The van der Waals surface area contributed by atoms with Gasteiger partial charge in [-0.05, 0) is 6.92 Å². The van der Waals surface area contributed by atoms with E-state index in [1.807, 2.05) is 6.92 Å².